The summed E-state index contributed by atoms with van der Waals surface area (Å²) in [6.07, 6.45) is -0.210. The lowest BCUT2D eigenvalue weighted by Crippen LogP contribution is -2.52. The van der Waals surface area contributed by atoms with Crippen LogP contribution in [0.3, 0.4) is 0 Å². The Morgan fingerprint density at radius 2 is 0.675 bits per heavy atom. The Bertz CT molecular complexity index is 1330. The van der Waals surface area contributed by atoms with Gasteiger partial charge in [-0.3, -0.25) is 9.59 Å². The standard InChI is InChI=1S/C32H32N2O4P2/c35-31(25-39(37,27-13-5-1-6-14-27)28-15-7-2-8-16-28)33-21-23-34(24-22-33)32(36)26-40(38,29-17-9-3-10-18-29)30-19-11-4-12-20-30/h1-20H,21-26H2. The van der Waals surface area contributed by atoms with E-state index in [1.807, 2.05) is 121 Å². The molecule has 0 atom stereocenters. The fraction of sp³-hybridized carbons (Fsp3) is 0.188. The molecule has 1 aliphatic heterocycles. The molecule has 1 heterocycles. The highest BCUT2D eigenvalue weighted by atomic mass is 31.2. The topological polar surface area (TPSA) is 74.8 Å². The quantitative estimate of drug-likeness (QED) is 0.303. The molecule has 0 spiro atoms. The molecular formula is C32H32N2O4P2. The molecule has 0 bridgehead atoms. The third kappa shape index (κ3) is 5.89. The Balaban J connectivity index is 1.28. The molecule has 4 aromatic rings. The fourth-order valence-corrected chi connectivity index (χ4v) is 10.2. The van der Waals surface area contributed by atoms with Gasteiger partial charge < -0.3 is 18.9 Å². The van der Waals surface area contributed by atoms with Gasteiger partial charge in [0.15, 0.2) is 14.3 Å². The minimum absolute atomic E-state index is 0.105. The van der Waals surface area contributed by atoms with Gasteiger partial charge >= 0.3 is 0 Å². The molecule has 8 heteroatoms. The third-order valence-corrected chi connectivity index (χ3v) is 13.4. The smallest absolute Gasteiger partial charge is 0.230 e. The number of piperazine rings is 1. The van der Waals surface area contributed by atoms with Gasteiger partial charge in [-0.25, -0.2) is 0 Å². The summed E-state index contributed by atoms with van der Waals surface area (Å²) in [5, 5.41) is 2.61. The van der Waals surface area contributed by atoms with Crippen LogP contribution >= 0.6 is 14.3 Å². The molecule has 2 amide bonds. The van der Waals surface area contributed by atoms with Crippen molar-refractivity contribution in [3.8, 4) is 0 Å². The van der Waals surface area contributed by atoms with Crippen molar-refractivity contribution in [2.75, 3.05) is 38.5 Å². The molecule has 0 saturated carbocycles. The number of nitrogens with zero attached hydrogens (tertiary/aromatic N) is 2. The summed E-state index contributed by atoms with van der Waals surface area (Å²) >= 11 is 0. The van der Waals surface area contributed by atoms with Gasteiger partial charge in [-0.05, 0) is 0 Å². The fourth-order valence-electron chi connectivity index (χ4n) is 5.12. The second-order valence-electron chi connectivity index (χ2n) is 9.90. The van der Waals surface area contributed by atoms with Gasteiger partial charge in [0, 0.05) is 47.4 Å². The van der Waals surface area contributed by atoms with E-state index in [9.17, 15) is 18.7 Å². The molecule has 1 fully saturated rings. The Hall–Kier alpha value is -3.72. The van der Waals surface area contributed by atoms with Crippen LogP contribution in [-0.4, -0.2) is 60.1 Å². The van der Waals surface area contributed by atoms with Gasteiger partial charge in [0.25, 0.3) is 0 Å². The Morgan fingerprint density at radius 1 is 0.450 bits per heavy atom. The van der Waals surface area contributed by atoms with E-state index in [4.69, 9.17) is 0 Å². The van der Waals surface area contributed by atoms with Crippen LogP contribution < -0.4 is 21.2 Å². The van der Waals surface area contributed by atoms with E-state index in [2.05, 4.69) is 0 Å². The van der Waals surface area contributed by atoms with Crippen molar-refractivity contribution in [1.29, 1.82) is 0 Å². The van der Waals surface area contributed by atoms with E-state index in [1.165, 1.54) is 0 Å². The van der Waals surface area contributed by atoms with Crippen molar-refractivity contribution in [2.24, 2.45) is 0 Å². The van der Waals surface area contributed by atoms with Crippen LogP contribution in [0.2, 0.25) is 0 Å². The molecule has 0 radical (unpaired) electrons. The molecule has 1 aliphatic rings. The summed E-state index contributed by atoms with van der Waals surface area (Å²) in [4.78, 5) is 30.3. The van der Waals surface area contributed by atoms with E-state index >= 15 is 0 Å². The first-order chi connectivity index (χ1) is 19.4. The summed E-state index contributed by atoms with van der Waals surface area (Å²) < 4.78 is 28.7. The average molecular weight is 571 g/mol. The van der Waals surface area contributed by atoms with Crippen LogP contribution in [0.25, 0.3) is 0 Å². The minimum Gasteiger partial charge on any atom is -0.339 e. The molecule has 204 valence electrons. The van der Waals surface area contributed by atoms with Gasteiger partial charge in [-0.15, -0.1) is 0 Å². The maximum atomic E-state index is 14.3. The van der Waals surface area contributed by atoms with Gasteiger partial charge in [-0.1, -0.05) is 121 Å². The van der Waals surface area contributed by atoms with Crippen LogP contribution in [0.1, 0.15) is 0 Å². The zero-order valence-corrected chi connectivity index (χ0v) is 24.0. The molecule has 6 nitrogen and oxygen atoms in total. The molecule has 0 unspecified atom stereocenters. The minimum atomic E-state index is -3.19. The van der Waals surface area contributed by atoms with Gasteiger partial charge in [0.2, 0.25) is 11.8 Å². The highest BCUT2D eigenvalue weighted by Crippen LogP contribution is 2.44. The molecule has 0 N–H and O–H groups in total. The van der Waals surface area contributed by atoms with E-state index in [-0.39, 0.29) is 24.1 Å². The number of amides is 2. The van der Waals surface area contributed by atoms with Gasteiger partial charge in [-0.2, -0.15) is 0 Å². The SMILES string of the molecule is O=C(CP(=O)(c1ccccc1)c1ccccc1)N1CCN(C(=O)CP(=O)(c2ccccc2)c2ccccc2)CC1. The Labute approximate surface area is 235 Å². The van der Waals surface area contributed by atoms with E-state index in [0.29, 0.717) is 47.4 Å². The summed E-state index contributed by atoms with van der Waals surface area (Å²) in [6.45, 7) is 1.37. The summed E-state index contributed by atoms with van der Waals surface area (Å²) in [6, 6.07) is 36.7. The van der Waals surface area contributed by atoms with Crippen molar-refractivity contribution in [2.45, 2.75) is 0 Å². The summed E-state index contributed by atoms with van der Waals surface area (Å²) in [5.41, 5.74) is 0. The lowest BCUT2D eigenvalue weighted by atomic mass is 10.3. The van der Waals surface area contributed by atoms with Crippen LogP contribution in [0.4, 0.5) is 0 Å². The number of hydrogen-bond donors (Lipinski definition) is 0. The highest BCUT2D eigenvalue weighted by molar-refractivity contribution is 7.79. The number of hydrogen-bond acceptors (Lipinski definition) is 4. The molecule has 4 aromatic carbocycles. The third-order valence-electron chi connectivity index (χ3n) is 7.39. The zero-order valence-electron chi connectivity index (χ0n) is 22.2. The maximum Gasteiger partial charge on any atom is 0.230 e. The number of carbonyl (C=O) groups excluding carboxylic acids is 2. The average Bonchev–Trinajstić information content (AvgIpc) is 3.02. The van der Waals surface area contributed by atoms with Crippen molar-refractivity contribution >= 4 is 47.3 Å². The van der Waals surface area contributed by atoms with E-state index < -0.39 is 14.3 Å². The molecule has 1 saturated heterocycles. The first-order valence-corrected chi connectivity index (χ1v) is 17.1. The summed E-state index contributed by atoms with van der Waals surface area (Å²) in [7, 11) is -6.37. The van der Waals surface area contributed by atoms with Crippen LogP contribution in [-0.2, 0) is 18.7 Å². The largest absolute Gasteiger partial charge is 0.339 e. The molecule has 0 aromatic heterocycles. The predicted molar refractivity (Wildman–Crippen MR) is 162 cm³/mol. The Morgan fingerprint density at radius 3 is 0.900 bits per heavy atom. The molecule has 0 aliphatic carbocycles. The lowest BCUT2D eigenvalue weighted by Gasteiger charge is -2.36. The van der Waals surface area contributed by atoms with Crippen molar-refractivity contribution < 1.29 is 18.7 Å². The van der Waals surface area contributed by atoms with Crippen LogP contribution in [0.15, 0.2) is 121 Å². The normalized spacial score (nSPS) is 14.1. The molecular weight excluding hydrogens is 538 g/mol. The van der Waals surface area contributed by atoms with Crippen molar-refractivity contribution in [1.82, 2.24) is 9.80 Å². The number of carbonyl (C=O) groups is 2. The molecule has 5 rings (SSSR count). The summed E-state index contributed by atoms with van der Waals surface area (Å²) in [5.74, 6) is -0.384. The van der Waals surface area contributed by atoms with E-state index in [1.54, 1.807) is 9.80 Å². The highest BCUT2D eigenvalue weighted by Gasteiger charge is 2.36. The lowest BCUT2D eigenvalue weighted by molar-refractivity contribution is -0.136. The van der Waals surface area contributed by atoms with E-state index in [0.717, 1.165) is 0 Å². The second kappa shape index (κ2) is 12.2. The van der Waals surface area contributed by atoms with Crippen molar-refractivity contribution in [3.63, 3.8) is 0 Å². The zero-order chi connectivity index (χ0) is 28.0. The first kappa shape index (κ1) is 27.8. The number of benzene rings is 4. The van der Waals surface area contributed by atoms with Gasteiger partial charge in [0.1, 0.15) is 0 Å². The second-order valence-corrected chi connectivity index (χ2v) is 15.6. The molecule has 40 heavy (non-hydrogen) atoms. The monoisotopic (exact) mass is 570 g/mol. The number of rotatable bonds is 8. The van der Waals surface area contributed by atoms with Crippen molar-refractivity contribution in [3.05, 3.63) is 121 Å². The first-order valence-electron chi connectivity index (χ1n) is 13.4. The van der Waals surface area contributed by atoms with Crippen LogP contribution in [0.5, 0.6) is 0 Å². The predicted octanol–water partition coefficient (Wildman–Crippen LogP) is 3.69. The Kier molecular flexibility index (Phi) is 8.49. The maximum absolute atomic E-state index is 14.3. The van der Waals surface area contributed by atoms with Crippen LogP contribution in [0, 0.1) is 0 Å². The van der Waals surface area contributed by atoms with Gasteiger partial charge in [0.05, 0.1) is 12.3 Å².